The molecule has 4 N–H and O–H groups in total. The number of rotatable bonds is 3. The first-order valence-corrected chi connectivity index (χ1v) is 8.09. The van der Waals surface area contributed by atoms with Gasteiger partial charge in [-0.3, -0.25) is 0 Å². The zero-order valence-corrected chi connectivity index (χ0v) is 13.8. The largest absolute Gasteiger partial charge is 0.485 e. The Morgan fingerprint density at radius 2 is 1.64 bits per heavy atom. The molecule has 0 radical (unpaired) electrons. The summed E-state index contributed by atoms with van der Waals surface area (Å²) in [5.74, 6) is 1.13. The van der Waals surface area contributed by atoms with Crippen LogP contribution in [-0.4, -0.2) is 9.97 Å². The highest BCUT2D eigenvalue weighted by Gasteiger charge is 2.15. The highest BCUT2D eigenvalue weighted by Crippen LogP contribution is 2.34. The monoisotopic (exact) mass is 330 g/mol. The van der Waals surface area contributed by atoms with E-state index in [1.165, 1.54) is 10.8 Å². The second-order valence-electron chi connectivity index (χ2n) is 5.95. The van der Waals surface area contributed by atoms with Gasteiger partial charge in [0.1, 0.15) is 17.7 Å². The van der Waals surface area contributed by atoms with Crippen LogP contribution in [0.25, 0.3) is 21.7 Å². The molecule has 0 amide bonds. The second-order valence-corrected chi connectivity index (χ2v) is 5.95. The van der Waals surface area contributed by atoms with E-state index in [-0.39, 0.29) is 12.1 Å². The smallest absolute Gasteiger partial charge is 0.222 e. The number of nitrogens with zero attached hydrogens (tertiary/aromatic N) is 2. The molecule has 0 saturated carbocycles. The lowest BCUT2D eigenvalue weighted by Crippen LogP contribution is -2.06. The van der Waals surface area contributed by atoms with Crippen molar-refractivity contribution in [3.05, 3.63) is 66.2 Å². The van der Waals surface area contributed by atoms with Gasteiger partial charge in [0.15, 0.2) is 0 Å². The van der Waals surface area contributed by atoms with Crippen molar-refractivity contribution >= 4 is 33.4 Å². The first kappa shape index (κ1) is 15.2. The van der Waals surface area contributed by atoms with E-state index in [1.807, 2.05) is 43.3 Å². The molecule has 1 heterocycles. The van der Waals surface area contributed by atoms with Crippen LogP contribution in [0.15, 0.2) is 60.7 Å². The minimum atomic E-state index is -0.159. The lowest BCUT2D eigenvalue weighted by atomic mass is 10.0. The van der Waals surface area contributed by atoms with Gasteiger partial charge in [-0.25, -0.2) is 4.98 Å². The van der Waals surface area contributed by atoms with E-state index in [9.17, 15) is 0 Å². The quantitative estimate of drug-likeness (QED) is 0.591. The van der Waals surface area contributed by atoms with Crippen LogP contribution in [-0.2, 0) is 0 Å². The zero-order valence-electron chi connectivity index (χ0n) is 13.8. The molecule has 3 aromatic carbocycles. The van der Waals surface area contributed by atoms with Crippen LogP contribution in [0.4, 0.5) is 11.8 Å². The predicted molar refractivity (Wildman–Crippen MR) is 101 cm³/mol. The Bertz CT molecular complexity index is 1070. The summed E-state index contributed by atoms with van der Waals surface area (Å²) in [4.78, 5) is 8.29. The number of fused-ring (bicyclic) bond motifs is 2. The number of benzene rings is 3. The second kappa shape index (κ2) is 5.94. The van der Waals surface area contributed by atoms with Crippen LogP contribution in [0.2, 0.25) is 0 Å². The average Bonchev–Trinajstić information content (AvgIpc) is 2.60. The third kappa shape index (κ3) is 2.70. The zero-order chi connectivity index (χ0) is 17.4. The summed E-state index contributed by atoms with van der Waals surface area (Å²) in [7, 11) is 0. The summed E-state index contributed by atoms with van der Waals surface area (Å²) in [6.07, 6.45) is -0.159. The topological polar surface area (TPSA) is 87.0 Å². The van der Waals surface area contributed by atoms with Gasteiger partial charge in [-0.05, 0) is 35.4 Å². The lowest BCUT2D eigenvalue weighted by Gasteiger charge is -2.18. The van der Waals surface area contributed by atoms with E-state index in [2.05, 4.69) is 34.2 Å². The lowest BCUT2D eigenvalue weighted by molar-refractivity contribution is 0.231. The van der Waals surface area contributed by atoms with Crippen molar-refractivity contribution < 1.29 is 4.74 Å². The van der Waals surface area contributed by atoms with Gasteiger partial charge in [-0.2, -0.15) is 4.98 Å². The van der Waals surface area contributed by atoms with Crippen molar-refractivity contribution in [2.24, 2.45) is 0 Å². The number of hydrogen-bond acceptors (Lipinski definition) is 5. The molecule has 124 valence electrons. The number of ether oxygens (including phenoxy) is 1. The number of hydrogen-bond donors (Lipinski definition) is 2. The van der Waals surface area contributed by atoms with Gasteiger partial charge < -0.3 is 16.2 Å². The highest BCUT2D eigenvalue weighted by molar-refractivity contribution is 5.94. The average molecular weight is 330 g/mol. The van der Waals surface area contributed by atoms with Crippen LogP contribution < -0.4 is 16.2 Å². The van der Waals surface area contributed by atoms with Crippen molar-refractivity contribution in [1.29, 1.82) is 0 Å². The molecule has 0 aliphatic heterocycles. The van der Waals surface area contributed by atoms with Crippen LogP contribution >= 0.6 is 0 Å². The van der Waals surface area contributed by atoms with E-state index in [0.29, 0.717) is 22.5 Å². The Labute approximate surface area is 145 Å². The van der Waals surface area contributed by atoms with Crippen LogP contribution in [0.1, 0.15) is 18.6 Å². The minimum Gasteiger partial charge on any atom is -0.485 e. The summed E-state index contributed by atoms with van der Waals surface area (Å²) in [6, 6.07) is 20.1. The molecule has 4 aromatic rings. The van der Waals surface area contributed by atoms with E-state index in [4.69, 9.17) is 16.2 Å². The summed E-state index contributed by atoms with van der Waals surface area (Å²) in [6.45, 7) is 2.02. The third-order valence-electron chi connectivity index (χ3n) is 4.30. The Hall–Kier alpha value is -3.34. The molecule has 0 bridgehead atoms. The van der Waals surface area contributed by atoms with E-state index >= 15 is 0 Å². The molecule has 0 fully saturated rings. The standard InChI is InChI=1S/C20H18N4O/c1-12(14-9-4-7-13-6-2-3-8-15(13)14)25-17-11-5-10-16-18(17)19(21)24-20(22)23-16/h2-12H,1H3,(H4,21,22,23,24)/t12-/m1/s1. The number of anilines is 2. The maximum Gasteiger partial charge on any atom is 0.222 e. The third-order valence-corrected chi connectivity index (χ3v) is 4.30. The van der Waals surface area contributed by atoms with Gasteiger partial charge >= 0.3 is 0 Å². The molecule has 5 heteroatoms. The fourth-order valence-corrected chi connectivity index (χ4v) is 3.15. The Morgan fingerprint density at radius 3 is 2.52 bits per heavy atom. The fourth-order valence-electron chi connectivity index (χ4n) is 3.15. The molecule has 25 heavy (non-hydrogen) atoms. The molecule has 5 nitrogen and oxygen atoms in total. The van der Waals surface area contributed by atoms with Gasteiger partial charge in [-0.1, -0.05) is 48.5 Å². The summed E-state index contributed by atoms with van der Waals surface area (Å²) >= 11 is 0. The van der Waals surface area contributed by atoms with Gasteiger partial charge in [0, 0.05) is 0 Å². The highest BCUT2D eigenvalue weighted by atomic mass is 16.5. The van der Waals surface area contributed by atoms with Crippen molar-refractivity contribution in [3.63, 3.8) is 0 Å². The minimum absolute atomic E-state index is 0.157. The fraction of sp³-hybridized carbons (Fsp3) is 0.100. The maximum absolute atomic E-state index is 6.24. The van der Waals surface area contributed by atoms with Crippen molar-refractivity contribution in [1.82, 2.24) is 9.97 Å². The van der Waals surface area contributed by atoms with Gasteiger partial charge in [0.25, 0.3) is 0 Å². The predicted octanol–water partition coefficient (Wildman–Crippen LogP) is 4.09. The molecular formula is C20H18N4O. The molecular weight excluding hydrogens is 312 g/mol. The maximum atomic E-state index is 6.24. The molecule has 4 rings (SSSR count). The van der Waals surface area contributed by atoms with Crippen molar-refractivity contribution in [3.8, 4) is 5.75 Å². The van der Waals surface area contributed by atoms with Gasteiger partial charge in [0.2, 0.25) is 5.95 Å². The first-order chi connectivity index (χ1) is 12.1. The van der Waals surface area contributed by atoms with E-state index in [0.717, 1.165) is 5.56 Å². The number of aromatic nitrogens is 2. The van der Waals surface area contributed by atoms with Gasteiger partial charge in [0.05, 0.1) is 10.9 Å². The normalized spacial score (nSPS) is 12.4. The molecule has 1 atom stereocenters. The van der Waals surface area contributed by atoms with Crippen molar-refractivity contribution in [2.75, 3.05) is 11.5 Å². The van der Waals surface area contributed by atoms with Crippen LogP contribution in [0, 0.1) is 0 Å². The first-order valence-electron chi connectivity index (χ1n) is 8.09. The van der Waals surface area contributed by atoms with Crippen molar-refractivity contribution in [2.45, 2.75) is 13.0 Å². The summed E-state index contributed by atoms with van der Waals surface area (Å²) in [5.41, 5.74) is 13.5. The Kier molecular flexibility index (Phi) is 3.61. The Morgan fingerprint density at radius 1 is 0.880 bits per heavy atom. The SMILES string of the molecule is C[C@@H](Oc1cccc2nc(N)nc(N)c12)c1cccc2ccccc12. The van der Waals surface area contributed by atoms with E-state index in [1.54, 1.807) is 0 Å². The van der Waals surface area contributed by atoms with Crippen LogP contribution in [0.5, 0.6) is 5.75 Å². The van der Waals surface area contributed by atoms with Crippen LogP contribution in [0.3, 0.4) is 0 Å². The van der Waals surface area contributed by atoms with E-state index < -0.39 is 0 Å². The molecule has 0 aliphatic rings. The summed E-state index contributed by atoms with van der Waals surface area (Å²) < 4.78 is 6.24. The summed E-state index contributed by atoms with van der Waals surface area (Å²) in [5, 5.41) is 3.04. The van der Waals surface area contributed by atoms with Gasteiger partial charge in [-0.15, -0.1) is 0 Å². The Balaban J connectivity index is 1.78. The molecule has 0 unspecified atom stereocenters. The molecule has 0 aliphatic carbocycles. The number of nitrogen functional groups attached to an aromatic ring is 2. The molecule has 0 spiro atoms. The number of nitrogens with two attached hydrogens (primary N) is 2. The molecule has 1 aromatic heterocycles. The molecule has 0 saturated heterocycles.